The Morgan fingerprint density at radius 3 is 2.52 bits per heavy atom. The molecule has 2 N–H and O–H groups in total. The third-order valence-corrected chi connectivity index (χ3v) is 6.82. The largest absolute Gasteiger partial charge is 0.384 e. The molecule has 2 aromatic carbocycles. The van der Waals surface area contributed by atoms with E-state index in [0.717, 1.165) is 27.0 Å². The third kappa shape index (κ3) is 3.75. The Balaban J connectivity index is 1.73. The van der Waals surface area contributed by atoms with E-state index in [-0.39, 0.29) is 11.7 Å². The summed E-state index contributed by atoms with van der Waals surface area (Å²) in [7, 11) is 0. The van der Waals surface area contributed by atoms with Gasteiger partial charge < -0.3 is 5.73 Å². The van der Waals surface area contributed by atoms with Crippen LogP contribution in [-0.2, 0) is 4.79 Å². The van der Waals surface area contributed by atoms with Crippen molar-refractivity contribution in [2.45, 2.75) is 24.7 Å². The van der Waals surface area contributed by atoms with Gasteiger partial charge in [-0.1, -0.05) is 58.4 Å². The standard InChI is InChI=1S/C27H21BrN4O/c28-20-9-4-8-18(12-20)25-22(15-29)27(30)32(21-10-5-11-31-16-21)23-13-19(14-24(33)26(23)25)17-6-2-1-3-7-17/h1-12,16,19,25H,13-14,30H2/t19-,25+/m0/s1. The van der Waals surface area contributed by atoms with Gasteiger partial charge in [-0.15, -0.1) is 0 Å². The van der Waals surface area contributed by atoms with E-state index >= 15 is 0 Å². The number of ketones is 1. The highest BCUT2D eigenvalue weighted by Gasteiger charge is 2.42. The molecule has 0 radical (unpaired) electrons. The van der Waals surface area contributed by atoms with Crippen LogP contribution in [0.15, 0.2) is 106 Å². The topological polar surface area (TPSA) is 83.0 Å². The first kappa shape index (κ1) is 21.2. The molecule has 0 bridgehead atoms. The van der Waals surface area contributed by atoms with Gasteiger partial charge in [0, 0.05) is 28.4 Å². The number of nitriles is 1. The zero-order valence-electron chi connectivity index (χ0n) is 17.8. The van der Waals surface area contributed by atoms with Crippen LogP contribution in [0.1, 0.15) is 35.8 Å². The number of allylic oxidation sites excluding steroid dienone is 3. The molecule has 1 aliphatic carbocycles. The van der Waals surface area contributed by atoms with E-state index in [9.17, 15) is 10.1 Å². The number of hydrogen-bond donors (Lipinski definition) is 1. The second-order valence-electron chi connectivity index (χ2n) is 8.24. The predicted molar refractivity (Wildman–Crippen MR) is 131 cm³/mol. The molecule has 6 heteroatoms. The van der Waals surface area contributed by atoms with Crippen molar-refractivity contribution in [3.63, 3.8) is 0 Å². The fourth-order valence-electron chi connectivity index (χ4n) is 4.89. The lowest BCUT2D eigenvalue weighted by atomic mass is 9.72. The van der Waals surface area contributed by atoms with Crippen LogP contribution in [0.3, 0.4) is 0 Å². The molecule has 0 amide bonds. The molecule has 0 unspecified atom stereocenters. The summed E-state index contributed by atoms with van der Waals surface area (Å²) in [4.78, 5) is 19.8. The lowest BCUT2D eigenvalue weighted by molar-refractivity contribution is -0.116. The van der Waals surface area contributed by atoms with Crippen molar-refractivity contribution in [1.29, 1.82) is 5.26 Å². The monoisotopic (exact) mass is 496 g/mol. The molecule has 5 rings (SSSR count). The molecule has 0 spiro atoms. The lowest BCUT2D eigenvalue weighted by Crippen LogP contribution is -2.40. The Hall–Kier alpha value is -3.69. The van der Waals surface area contributed by atoms with Gasteiger partial charge in [0.25, 0.3) is 0 Å². The van der Waals surface area contributed by atoms with E-state index in [4.69, 9.17) is 5.73 Å². The van der Waals surface area contributed by atoms with Gasteiger partial charge in [-0.2, -0.15) is 5.26 Å². The summed E-state index contributed by atoms with van der Waals surface area (Å²) in [6.45, 7) is 0. The quantitative estimate of drug-likeness (QED) is 0.514. The predicted octanol–water partition coefficient (Wildman–Crippen LogP) is 5.54. The summed E-state index contributed by atoms with van der Waals surface area (Å²) in [5.74, 6) is -0.0733. The fraction of sp³-hybridized carbons (Fsp3) is 0.148. The molecule has 3 aromatic rings. The number of nitrogens with two attached hydrogens (primary N) is 1. The first-order valence-corrected chi connectivity index (χ1v) is 11.5. The Morgan fingerprint density at radius 1 is 1.03 bits per heavy atom. The first-order valence-electron chi connectivity index (χ1n) is 10.7. The molecule has 0 fully saturated rings. The van der Waals surface area contributed by atoms with Crippen LogP contribution in [0.25, 0.3) is 0 Å². The number of nitrogens with zero attached hydrogens (tertiary/aromatic N) is 3. The zero-order valence-corrected chi connectivity index (χ0v) is 19.4. The van der Waals surface area contributed by atoms with E-state index in [1.165, 1.54) is 0 Å². The second-order valence-corrected chi connectivity index (χ2v) is 9.16. The summed E-state index contributed by atoms with van der Waals surface area (Å²) in [6, 6.07) is 23.9. The van der Waals surface area contributed by atoms with E-state index in [0.29, 0.717) is 29.8 Å². The average molecular weight is 497 g/mol. The third-order valence-electron chi connectivity index (χ3n) is 6.32. The number of carbonyl (C=O) groups excluding carboxylic acids is 1. The maximum Gasteiger partial charge on any atom is 0.162 e. The molecule has 33 heavy (non-hydrogen) atoms. The Morgan fingerprint density at radius 2 is 1.82 bits per heavy atom. The fourth-order valence-corrected chi connectivity index (χ4v) is 5.31. The number of anilines is 1. The van der Waals surface area contributed by atoms with Crippen LogP contribution < -0.4 is 10.6 Å². The van der Waals surface area contributed by atoms with Gasteiger partial charge in [-0.05, 0) is 47.7 Å². The van der Waals surface area contributed by atoms with Gasteiger partial charge in [-0.3, -0.25) is 14.7 Å². The van der Waals surface area contributed by atoms with Gasteiger partial charge in [0.15, 0.2) is 5.78 Å². The van der Waals surface area contributed by atoms with Crippen LogP contribution >= 0.6 is 15.9 Å². The van der Waals surface area contributed by atoms with E-state index in [1.807, 2.05) is 59.5 Å². The molecular formula is C27H21BrN4O. The minimum Gasteiger partial charge on any atom is -0.384 e. The van der Waals surface area contributed by atoms with Crippen molar-refractivity contribution >= 4 is 27.4 Å². The summed E-state index contributed by atoms with van der Waals surface area (Å²) in [5.41, 5.74) is 11.3. The van der Waals surface area contributed by atoms with Crippen molar-refractivity contribution in [3.05, 3.63) is 117 Å². The maximum absolute atomic E-state index is 13.7. The number of hydrogen-bond acceptors (Lipinski definition) is 5. The van der Waals surface area contributed by atoms with Crippen LogP contribution in [-0.4, -0.2) is 10.8 Å². The maximum atomic E-state index is 13.7. The average Bonchev–Trinajstić information content (AvgIpc) is 2.84. The van der Waals surface area contributed by atoms with Gasteiger partial charge in [-0.25, -0.2) is 0 Å². The molecule has 0 saturated carbocycles. The summed E-state index contributed by atoms with van der Waals surface area (Å²) in [6.07, 6.45) is 4.44. The van der Waals surface area contributed by atoms with Crippen molar-refractivity contribution in [2.75, 3.05) is 4.90 Å². The van der Waals surface area contributed by atoms with E-state index in [1.54, 1.807) is 12.4 Å². The number of aromatic nitrogens is 1. The number of Topliss-reactive ketones (excluding diaryl/α,β-unsaturated/α-hetero) is 1. The highest BCUT2D eigenvalue weighted by Crippen LogP contribution is 2.49. The smallest absolute Gasteiger partial charge is 0.162 e. The molecule has 162 valence electrons. The highest BCUT2D eigenvalue weighted by atomic mass is 79.9. The lowest BCUT2D eigenvalue weighted by Gasteiger charge is -2.41. The molecule has 0 saturated heterocycles. The highest BCUT2D eigenvalue weighted by molar-refractivity contribution is 9.10. The van der Waals surface area contributed by atoms with Crippen molar-refractivity contribution in [2.24, 2.45) is 5.73 Å². The van der Waals surface area contributed by atoms with Crippen LogP contribution in [0.2, 0.25) is 0 Å². The van der Waals surface area contributed by atoms with Crippen LogP contribution in [0.5, 0.6) is 0 Å². The molecular weight excluding hydrogens is 476 g/mol. The SMILES string of the molecule is N#CC1=C(N)N(c2cccnc2)C2=C(C(=O)C[C@@H](c3ccccc3)C2)[C@@H]1c1cccc(Br)c1. The minimum absolute atomic E-state index is 0.0382. The molecule has 2 heterocycles. The summed E-state index contributed by atoms with van der Waals surface area (Å²) in [5, 5.41) is 10.2. The Kier molecular flexibility index (Phi) is 5.57. The van der Waals surface area contributed by atoms with Gasteiger partial charge >= 0.3 is 0 Å². The zero-order chi connectivity index (χ0) is 22.9. The minimum atomic E-state index is -0.500. The van der Waals surface area contributed by atoms with Crippen molar-refractivity contribution < 1.29 is 4.79 Å². The van der Waals surface area contributed by atoms with Crippen molar-refractivity contribution in [1.82, 2.24) is 4.98 Å². The molecule has 1 aromatic heterocycles. The van der Waals surface area contributed by atoms with Crippen LogP contribution in [0.4, 0.5) is 5.69 Å². The number of carbonyl (C=O) groups is 1. The van der Waals surface area contributed by atoms with Crippen molar-refractivity contribution in [3.8, 4) is 6.07 Å². The van der Waals surface area contributed by atoms with Gasteiger partial charge in [0.1, 0.15) is 5.82 Å². The van der Waals surface area contributed by atoms with E-state index in [2.05, 4.69) is 39.1 Å². The van der Waals surface area contributed by atoms with Gasteiger partial charge in [0.05, 0.1) is 29.4 Å². The summed E-state index contributed by atoms with van der Waals surface area (Å²) < 4.78 is 0.887. The number of rotatable bonds is 3. The number of benzene rings is 2. The Bertz CT molecular complexity index is 1320. The molecule has 2 aliphatic rings. The normalized spacial score (nSPS) is 20.5. The number of halogens is 1. The summed E-state index contributed by atoms with van der Waals surface area (Å²) >= 11 is 3.53. The molecule has 5 nitrogen and oxygen atoms in total. The molecule has 2 atom stereocenters. The Labute approximate surface area is 201 Å². The van der Waals surface area contributed by atoms with Crippen LogP contribution in [0, 0.1) is 11.3 Å². The van der Waals surface area contributed by atoms with E-state index < -0.39 is 5.92 Å². The second kappa shape index (κ2) is 8.68. The number of pyridine rings is 1. The molecule has 1 aliphatic heterocycles. The van der Waals surface area contributed by atoms with Gasteiger partial charge in [0.2, 0.25) is 0 Å². The first-order chi connectivity index (χ1) is 16.1.